The van der Waals surface area contributed by atoms with E-state index in [4.69, 9.17) is 4.74 Å². The zero-order valence-electron chi connectivity index (χ0n) is 13.0. The van der Waals surface area contributed by atoms with Crippen LogP contribution in [-0.4, -0.2) is 24.3 Å². The highest BCUT2D eigenvalue weighted by Gasteiger charge is 2.29. The molecular weight excluding hydrogens is 240 g/mol. The van der Waals surface area contributed by atoms with Gasteiger partial charge in [-0.2, -0.15) is 0 Å². The van der Waals surface area contributed by atoms with Gasteiger partial charge in [0.25, 0.3) is 0 Å². The van der Waals surface area contributed by atoms with Gasteiger partial charge in [-0.05, 0) is 18.3 Å². The molecule has 0 amide bonds. The van der Waals surface area contributed by atoms with Gasteiger partial charge in [-0.25, -0.2) is 0 Å². The Bertz CT molecular complexity index is 278. The first-order valence-corrected chi connectivity index (χ1v) is 7.25. The first kappa shape index (κ1) is 18.2. The van der Waals surface area contributed by atoms with E-state index < -0.39 is 0 Å². The van der Waals surface area contributed by atoms with E-state index >= 15 is 0 Å². The molecule has 1 N–H and O–H groups in total. The van der Waals surface area contributed by atoms with Crippen molar-refractivity contribution in [2.75, 3.05) is 13.2 Å². The van der Waals surface area contributed by atoms with Gasteiger partial charge in [0.2, 0.25) is 0 Å². The molecule has 0 aliphatic carbocycles. The predicted molar refractivity (Wildman–Crippen MR) is 78.9 cm³/mol. The molecule has 0 radical (unpaired) electrons. The van der Waals surface area contributed by atoms with Crippen LogP contribution >= 0.6 is 0 Å². The Morgan fingerprint density at radius 1 is 1.37 bits per heavy atom. The summed E-state index contributed by atoms with van der Waals surface area (Å²) in [6.07, 6.45) is 5.94. The van der Waals surface area contributed by atoms with Gasteiger partial charge in [0.05, 0.1) is 19.6 Å². The van der Waals surface area contributed by atoms with Crippen LogP contribution in [0, 0.1) is 10.8 Å². The number of hydrogen-bond donors (Lipinski definition) is 1. The van der Waals surface area contributed by atoms with Crippen LogP contribution in [0.1, 0.15) is 59.8 Å². The molecule has 0 aromatic carbocycles. The highest BCUT2D eigenvalue weighted by atomic mass is 16.5. The van der Waals surface area contributed by atoms with Crippen molar-refractivity contribution in [1.29, 1.82) is 0 Å². The number of unbranched alkanes of at least 4 members (excludes halogenated alkanes) is 1. The van der Waals surface area contributed by atoms with Crippen LogP contribution in [0.25, 0.3) is 0 Å². The Kier molecular flexibility index (Phi) is 8.00. The van der Waals surface area contributed by atoms with E-state index in [1.165, 1.54) is 0 Å². The molecule has 0 fully saturated rings. The van der Waals surface area contributed by atoms with Gasteiger partial charge in [0, 0.05) is 5.41 Å². The number of esters is 1. The average Bonchev–Trinajstić information content (AvgIpc) is 2.39. The summed E-state index contributed by atoms with van der Waals surface area (Å²) in [6.45, 7) is 12.2. The second kappa shape index (κ2) is 8.36. The van der Waals surface area contributed by atoms with Crippen molar-refractivity contribution < 1.29 is 14.6 Å². The number of carbonyl (C=O) groups excluding carboxylic acids is 1. The molecule has 1 unspecified atom stereocenters. The molecule has 0 saturated carbocycles. The number of ether oxygens (including phenoxy) is 1. The fourth-order valence-electron chi connectivity index (χ4n) is 1.87. The molecule has 112 valence electrons. The van der Waals surface area contributed by atoms with Crippen molar-refractivity contribution in [2.24, 2.45) is 10.8 Å². The normalized spacial score (nSPS) is 14.8. The first-order valence-electron chi connectivity index (χ1n) is 7.25. The van der Waals surface area contributed by atoms with Crippen molar-refractivity contribution in [2.45, 2.75) is 59.8 Å². The topological polar surface area (TPSA) is 46.5 Å². The largest absolute Gasteiger partial charge is 0.465 e. The Morgan fingerprint density at radius 3 is 2.42 bits per heavy atom. The third kappa shape index (κ3) is 6.76. The van der Waals surface area contributed by atoms with Crippen LogP contribution < -0.4 is 0 Å². The van der Waals surface area contributed by atoms with Gasteiger partial charge in [0.15, 0.2) is 0 Å². The van der Waals surface area contributed by atoms with Crippen molar-refractivity contribution in [3.8, 4) is 0 Å². The Morgan fingerprint density at radius 2 is 2.00 bits per heavy atom. The summed E-state index contributed by atoms with van der Waals surface area (Å²) in [5.74, 6) is -0.215. The second-order valence-corrected chi connectivity index (χ2v) is 6.15. The van der Waals surface area contributed by atoms with Crippen molar-refractivity contribution in [1.82, 2.24) is 0 Å². The number of aliphatic hydroxyl groups is 1. The number of allylic oxidation sites excluding steroid dienone is 1. The molecular formula is C16H30O3. The molecule has 1 atom stereocenters. The SMILES string of the molecule is C=CC(C)(C)CC(=O)OCC(CC)(CO)CCCC. The smallest absolute Gasteiger partial charge is 0.306 e. The number of hydrogen-bond acceptors (Lipinski definition) is 3. The summed E-state index contributed by atoms with van der Waals surface area (Å²) in [7, 11) is 0. The maximum Gasteiger partial charge on any atom is 0.306 e. The Hall–Kier alpha value is -0.830. The maximum atomic E-state index is 11.8. The van der Waals surface area contributed by atoms with Crippen LogP contribution in [0.5, 0.6) is 0 Å². The second-order valence-electron chi connectivity index (χ2n) is 6.15. The van der Waals surface area contributed by atoms with Gasteiger partial charge < -0.3 is 9.84 Å². The number of rotatable bonds is 10. The van der Waals surface area contributed by atoms with Gasteiger partial charge in [0.1, 0.15) is 0 Å². The third-order valence-electron chi connectivity index (χ3n) is 3.84. The zero-order chi connectivity index (χ0) is 14.9. The van der Waals surface area contributed by atoms with Crippen molar-refractivity contribution in [3.63, 3.8) is 0 Å². The molecule has 0 aromatic rings. The summed E-state index contributed by atoms with van der Waals surface area (Å²) < 4.78 is 5.38. The molecule has 0 aromatic heterocycles. The van der Waals surface area contributed by atoms with E-state index in [1.54, 1.807) is 6.08 Å². The standard InChI is InChI=1S/C16H30O3/c1-6-9-10-16(8-3,12-17)13-19-14(18)11-15(4,5)7-2/h7,17H,2,6,8-13H2,1,3-5H3. The number of aliphatic hydroxyl groups excluding tert-OH is 1. The van der Waals surface area contributed by atoms with Crippen LogP contribution in [0.3, 0.4) is 0 Å². The molecule has 0 spiro atoms. The summed E-state index contributed by atoms with van der Waals surface area (Å²) in [4.78, 5) is 11.8. The monoisotopic (exact) mass is 270 g/mol. The average molecular weight is 270 g/mol. The quantitative estimate of drug-likeness (QED) is 0.486. The lowest BCUT2D eigenvalue weighted by atomic mass is 9.82. The van der Waals surface area contributed by atoms with Gasteiger partial charge in [-0.1, -0.05) is 46.6 Å². The fourth-order valence-corrected chi connectivity index (χ4v) is 1.87. The highest BCUT2D eigenvalue weighted by molar-refractivity contribution is 5.70. The van der Waals surface area contributed by atoms with E-state index in [9.17, 15) is 9.90 Å². The molecule has 0 bridgehead atoms. The lowest BCUT2D eigenvalue weighted by Gasteiger charge is -2.30. The van der Waals surface area contributed by atoms with E-state index in [0.29, 0.717) is 13.0 Å². The minimum atomic E-state index is -0.274. The van der Waals surface area contributed by atoms with Crippen LogP contribution in [-0.2, 0) is 9.53 Å². The molecule has 3 heteroatoms. The summed E-state index contributed by atoms with van der Waals surface area (Å²) in [6, 6.07) is 0. The van der Waals surface area contributed by atoms with E-state index in [1.807, 2.05) is 20.8 Å². The van der Waals surface area contributed by atoms with E-state index in [-0.39, 0.29) is 23.4 Å². The molecule has 0 saturated heterocycles. The molecule has 0 aliphatic rings. The molecule has 0 rings (SSSR count). The lowest BCUT2D eigenvalue weighted by molar-refractivity contribution is -0.150. The zero-order valence-corrected chi connectivity index (χ0v) is 13.0. The molecule has 0 aliphatic heterocycles. The Balaban J connectivity index is 4.39. The summed E-state index contributed by atoms with van der Waals surface area (Å²) in [5.41, 5.74) is -0.515. The number of carbonyl (C=O) groups is 1. The van der Waals surface area contributed by atoms with Crippen LogP contribution in [0.2, 0.25) is 0 Å². The van der Waals surface area contributed by atoms with Gasteiger partial charge in [-0.3, -0.25) is 4.79 Å². The summed E-state index contributed by atoms with van der Waals surface area (Å²) in [5, 5.41) is 9.59. The minimum Gasteiger partial charge on any atom is -0.465 e. The predicted octanol–water partition coefficient (Wildman–Crippen LogP) is 3.71. The lowest BCUT2D eigenvalue weighted by Crippen LogP contribution is -2.32. The van der Waals surface area contributed by atoms with Crippen molar-refractivity contribution >= 4 is 5.97 Å². The van der Waals surface area contributed by atoms with Gasteiger partial charge >= 0.3 is 5.97 Å². The molecule has 0 heterocycles. The summed E-state index contributed by atoms with van der Waals surface area (Å²) >= 11 is 0. The first-order chi connectivity index (χ1) is 8.84. The maximum absolute atomic E-state index is 11.8. The fraction of sp³-hybridized carbons (Fsp3) is 0.812. The highest BCUT2D eigenvalue weighted by Crippen LogP contribution is 2.29. The van der Waals surface area contributed by atoms with E-state index in [2.05, 4.69) is 13.5 Å². The van der Waals surface area contributed by atoms with Gasteiger partial charge in [-0.15, -0.1) is 6.58 Å². The van der Waals surface area contributed by atoms with Crippen LogP contribution in [0.4, 0.5) is 0 Å². The minimum absolute atomic E-state index is 0.0711. The van der Waals surface area contributed by atoms with Crippen LogP contribution in [0.15, 0.2) is 12.7 Å². The molecule has 19 heavy (non-hydrogen) atoms. The van der Waals surface area contributed by atoms with E-state index in [0.717, 1.165) is 25.7 Å². The van der Waals surface area contributed by atoms with Crippen molar-refractivity contribution in [3.05, 3.63) is 12.7 Å². The third-order valence-corrected chi connectivity index (χ3v) is 3.84. The Labute approximate surface area is 118 Å². The molecule has 3 nitrogen and oxygen atoms in total.